The van der Waals surface area contributed by atoms with Gasteiger partial charge >= 0.3 is 0 Å². The Bertz CT molecular complexity index is 679. The highest BCUT2D eigenvalue weighted by Crippen LogP contribution is 2.37. The summed E-state index contributed by atoms with van der Waals surface area (Å²) < 4.78 is 1.61. The van der Waals surface area contributed by atoms with Crippen LogP contribution in [0.2, 0.25) is 10.2 Å². The number of nitrogens with zero attached hydrogens (tertiary/aromatic N) is 3. The summed E-state index contributed by atoms with van der Waals surface area (Å²) in [5.41, 5.74) is 2.11. The first-order valence-corrected chi connectivity index (χ1v) is 7.40. The van der Waals surface area contributed by atoms with Gasteiger partial charge in [0.15, 0.2) is 5.15 Å². The summed E-state index contributed by atoms with van der Waals surface area (Å²) in [6.45, 7) is 0. The molecule has 2 aromatic rings. The van der Waals surface area contributed by atoms with Crippen LogP contribution in [0.5, 0.6) is 0 Å². The molecule has 5 heteroatoms. The highest BCUT2D eigenvalue weighted by molar-refractivity contribution is 6.31. The number of rotatable bonds is 2. The molecule has 0 unspecified atom stereocenters. The Labute approximate surface area is 127 Å². The summed E-state index contributed by atoms with van der Waals surface area (Å²) in [5.74, 6) is 0.350. The van der Waals surface area contributed by atoms with Gasteiger partial charge in [0, 0.05) is 10.9 Å². The van der Waals surface area contributed by atoms with Gasteiger partial charge in [0.2, 0.25) is 0 Å². The van der Waals surface area contributed by atoms with Crippen LogP contribution in [0.15, 0.2) is 24.3 Å². The zero-order chi connectivity index (χ0) is 14.1. The van der Waals surface area contributed by atoms with E-state index >= 15 is 0 Å². The van der Waals surface area contributed by atoms with E-state index < -0.39 is 0 Å². The van der Waals surface area contributed by atoms with Gasteiger partial charge in [0.25, 0.3) is 0 Å². The SMILES string of the molecule is N#Cc1c(C2CCCC2)nn(-c2cccc(Cl)c2)c1Cl. The minimum Gasteiger partial charge on any atom is -0.220 e. The highest BCUT2D eigenvalue weighted by atomic mass is 35.5. The summed E-state index contributed by atoms with van der Waals surface area (Å²) in [5, 5.41) is 14.9. The van der Waals surface area contributed by atoms with Gasteiger partial charge in [-0.1, -0.05) is 42.1 Å². The Hall–Kier alpha value is -1.50. The summed E-state index contributed by atoms with van der Waals surface area (Å²) in [6, 6.07) is 9.51. The number of aromatic nitrogens is 2. The van der Waals surface area contributed by atoms with Crippen molar-refractivity contribution < 1.29 is 0 Å². The molecule has 0 N–H and O–H groups in total. The topological polar surface area (TPSA) is 41.6 Å². The fourth-order valence-corrected chi connectivity index (χ4v) is 3.24. The van der Waals surface area contributed by atoms with Gasteiger partial charge < -0.3 is 0 Å². The molecule has 20 heavy (non-hydrogen) atoms. The maximum absolute atomic E-state index is 9.36. The molecule has 0 bridgehead atoms. The molecule has 0 atom stereocenters. The van der Waals surface area contributed by atoms with Gasteiger partial charge in [0.1, 0.15) is 11.6 Å². The zero-order valence-electron chi connectivity index (χ0n) is 10.8. The fraction of sp³-hybridized carbons (Fsp3) is 0.333. The molecule has 1 aliphatic rings. The normalized spacial score (nSPS) is 15.4. The van der Waals surface area contributed by atoms with Crippen molar-refractivity contribution in [1.29, 1.82) is 5.26 Å². The second-order valence-electron chi connectivity index (χ2n) is 5.04. The molecule has 1 aromatic heterocycles. The number of halogens is 2. The summed E-state index contributed by atoms with van der Waals surface area (Å²) in [7, 11) is 0. The van der Waals surface area contributed by atoms with E-state index in [2.05, 4.69) is 11.2 Å². The Balaban J connectivity index is 2.11. The molecule has 0 saturated heterocycles. The Morgan fingerprint density at radius 2 is 2.00 bits per heavy atom. The van der Waals surface area contributed by atoms with E-state index in [-0.39, 0.29) is 0 Å². The molecule has 3 nitrogen and oxygen atoms in total. The molecule has 1 fully saturated rings. The lowest BCUT2D eigenvalue weighted by Crippen LogP contribution is -1.99. The lowest BCUT2D eigenvalue weighted by atomic mass is 10.0. The maximum Gasteiger partial charge on any atom is 0.150 e. The predicted octanol–water partition coefficient (Wildman–Crippen LogP) is 4.71. The molecule has 3 rings (SSSR count). The van der Waals surface area contributed by atoms with E-state index in [4.69, 9.17) is 23.2 Å². The van der Waals surface area contributed by atoms with Crippen molar-refractivity contribution in [3.8, 4) is 11.8 Å². The predicted molar refractivity (Wildman–Crippen MR) is 79.5 cm³/mol. The number of hydrogen-bond acceptors (Lipinski definition) is 2. The van der Waals surface area contributed by atoms with Crippen molar-refractivity contribution in [2.75, 3.05) is 0 Å². The second kappa shape index (κ2) is 5.47. The lowest BCUT2D eigenvalue weighted by Gasteiger charge is -2.05. The van der Waals surface area contributed by atoms with Gasteiger partial charge in [-0.3, -0.25) is 0 Å². The molecular formula is C15H13Cl2N3. The van der Waals surface area contributed by atoms with E-state index in [0.29, 0.717) is 21.7 Å². The van der Waals surface area contributed by atoms with Crippen molar-refractivity contribution in [3.63, 3.8) is 0 Å². The van der Waals surface area contributed by atoms with Crippen LogP contribution < -0.4 is 0 Å². The third-order valence-corrected chi connectivity index (χ3v) is 4.35. The summed E-state index contributed by atoms with van der Waals surface area (Å²) in [6.07, 6.45) is 4.55. The van der Waals surface area contributed by atoms with Crippen LogP contribution >= 0.6 is 23.2 Å². The van der Waals surface area contributed by atoms with Crippen LogP contribution in [0.25, 0.3) is 5.69 Å². The Morgan fingerprint density at radius 3 is 2.65 bits per heavy atom. The molecule has 102 valence electrons. The molecule has 1 heterocycles. The van der Waals surface area contributed by atoms with Crippen LogP contribution in [0, 0.1) is 11.3 Å². The van der Waals surface area contributed by atoms with E-state index in [9.17, 15) is 5.26 Å². The van der Waals surface area contributed by atoms with Crippen molar-refractivity contribution in [2.24, 2.45) is 0 Å². The average Bonchev–Trinajstić information content (AvgIpc) is 3.05. The first-order chi connectivity index (χ1) is 9.70. The van der Waals surface area contributed by atoms with Crippen molar-refractivity contribution in [3.05, 3.63) is 45.7 Å². The van der Waals surface area contributed by atoms with Crippen LogP contribution in [-0.2, 0) is 0 Å². The average molecular weight is 306 g/mol. The van der Waals surface area contributed by atoms with E-state index in [1.54, 1.807) is 16.8 Å². The van der Waals surface area contributed by atoms with E-state index in [1.165, 1.54) is 12.8 Å². The smallest absolute Gasteiger partial charge is 0.150 e. The van der Waals surface area contributed by atoms with Crippen LogP contribution in [0.4, 0.5) is 0 Å². The molecule has 1 aliphatic carbocycles. The third kappa shape index (κ3) is 2.30. The lowest BCUT2D eigenvalue weighted by molar-refractivity contribution is 0.677. The minimum absolute atomic E-state index is 0.350. The van der Waals surface area contributed by atoms with Crippen molar-refractivity contribution in [2.45, 2.75) is 31.6 Å². The van der Waals surface area contributed by atoms with Gasteiger partial charge in [-0.25, -0.2) is 4.68 Å². The third-order valence-electron chi connectivity index (χ3n) is 3.76. The minimum atomic E-state index is 0.350. The number of nitriles is 1. The summed E-state index contributed by atoms with van der Waals surface area (Å²) >= 11 is 12.3. The van der Waals surface area contributed by atoms with Gasteiger partial charge in [-0.05, 0) is 31.0 Å². The van der Waals surface area contributed by atoms with Crippen LogP contribution in [-0.4, -0.2) is 9.78 Å². The Kier molecular flexibility index (Phi) is 3.69. The Morgan fingerprint density at radius 1 is 1.25 bits per heavy atom. The maximum atomic E-state index is 9.36. The van der Waals surface area contributed by atoms with Gasteiger partial charge in [-0.15, -0.1) is 0 Å². The van der Waals surface area contributed by atoms with Gasteiger partial charge in [-0.2, -0.15) is 10.4 Å². The molecule has 0 spiro atoms. The molecule has 1 saturated carbocycles. The standard InChI is InChI=1S/C15H13Cl2N3/c16-11-6-3-7-12(8-11)20-15(17)13(9-18)14(19-20)10-4-1-2-5-10/h3,6-8,10H,1-2,4-5H2. The highest BCUT2D eigenvalue weighted by Gasteiger charge is 2.26. The van der Waals surface area contributed by atoms with Crippen molar-refractivity contribution in [1.82, 2.24) is 9.78 Å². The van der Waals surface area contributed by atoms with Crippen LogP contribution in [0.3, 0.4) is 0 Å². The first kappa shape index (κ1) is 13.5. The van der Waals surface area contributed by atoms with E-state index in [0.717, 1.165) is 24.2 Å². The zero-order valence-corrected chi connectivity index (χ0v) is 12.3. The van der Waals surface area contributed by atoms with Crippen LogP contribution in [0.1, 0.15) is 42.9 Å². The first-order valence-electron chi connectivity index (χ1n) is 6.65. The molecular weight excluding hydrogens is 293 g/mol. The summed E-state index contributed by atoms with van der Waals surface area (Å²) in [4.78, 5) is 0. The molecule has 0 radical (unpaired) electrons. The molecule has 1 aromatic carbocycles. The quantitative estimate of drug-likeness (QED) is 0.806. The fourth-order valence-electron chi connectivity index (χ4n) is 2.78. The molecule has 0 amide bonds. The molecule has 0 aliphatic heterocycles. The number of benzene rings is 1. The monoisotopic (exact) mass is 305 g/mol. The second-order valence-corrected chi connectivity index (χ2v) is 5.83. The largest absolute Gasteiger partial charge is 0.220 e. The van der Waals surface area contributed by atoms with Crippen molar-refractivity contribution >= 4 is 23.2 Å². The van der Waals surface area contributed by atoms with E-state index in [1.807, 2.05) is 12.1 Å². The van der Waals surface area contributed by atoms with Gasteiger partial charge in [0.05, 0.1) is 11.4 Å². The number of hydrogen-bond donors (Lipinski definition) is 0.